The van der Waals surface area contributed by atoms with Crippen LogP contribution in [-0.2, 0) is 11.2 Å². The van der Waals surface area contributed by atoms with Gasteiger partial charge in [0.25, 0.3) is 0 Å². The third kappa shape index (κ3) is 5.68. The molecule has 1 atom stereocenters. The summed E-state index contributed by atoms with van der Waals surface area (Å²) in [6.07, 6.45) is 4.29. The van der Waals surface area contributed by atoms with Crippen LogP contribution in [0.2, 0.25) is 0 Å². The van der Waals surface area contributed by atoms with Gasteiger partial charge in [-0.05, 0) is 43.4 Å². The fourth-order valence-electron chi connectivity index (χ4n) is 3.27. The van der Waals surface area contributed by atoms with Crippen molar-refractivity contribution in [2.24, 2.45) is 5.92 Å². The van der Waals surface area contributed by atoms with Crippen LogP contribution >= 0.6 is 12.2 Å². The van der Waals surface area contributed by atoms with Crippen molar-refractivity contribution < 1.29 is 23.1 Å². The maximum Gasteiger partial charge on any atom is 0.329 e. The molecule has 0 bridgehead atoms. The van der Waals surface area contributed by atoms with Crippen LogP contribution in [0.5, 0.6) is 5.75 Å². The van der Waals surface area contributed by atoms with Crippen molar-refractivity contribution in [3.05, 3.63) is 41.7 Å². The average Bonchev–Trinajstić information content (AvgIpc) is 3.38. The highest BCUT2D eigenvalue weighted by molar-refractivity contribution is 7.80. The molecule has 1 aliphatic heterocycles. The second-order valence-electron chi connectivity index (χ2n) is 8.12. The molecular formula is C22H25FN4O4S. The molecule has 1 aromatic carbocycles. The molecule has 8 nitrogen and oxygen atoms in total. The number of amides is 2. The highest BCUT2D eigenvalue weighted by atomic mass is 32.1. The lowest BCUT2D eigenvalue weighted by Gasteiger charge is -2.15. The van der Waals surface area contributed by atoms with Crippen molar-refractivity contribution in [2.45, 2.75) is 38.6 Å². The largest absolute Gasteiger partial charge is 0.490 e. The van der Waals surface area contributed by atoms with Crippen molar-refractivity contribution in [1.82, 2.24) is 15.6 Å². The van der Waals surface area contributed by atoms with Gasteiger partial charge in [-0.25, -0.2) is 14.2 Å². The number of nitrogens with one attached hydrogen (secondary N) is 2. The van der Waals surface area contributed by atoms with Gasteiger partial charge in [-0.2, -0.15) is 0 Å². The van der Waals surface area contributed by atoms with Crippen molar-refractivity contribution in [3.63, 3.8) is 0 Å². The number of Topliss-reactive ketones (excluding diaryl/α,β-unsaturated/α-hetero) is 1. The minimum atomic E-state index is -0.378. The number of urea groups is 1. The molecule has 0 radical (unpaired) electrons. The first-order valence-electron chi connectivity index (χ1n) is 10.6. The van der Waals surface area contributed by atoms with Crippen molar-refractivity contribution in [3.8, 4) is 5.75 Å². The van der Waals surface area contributed by atoms with E-state index in [2.05, 4.69) is 15.6 Å². The highest BCUT2D eigenvalue weighted by Gasteiger charge is 2.28. The molecule has 2 fully saturated rings. The lowest BCUT2D eigenvalue weighted by molar-refractivity contribution is -0.118. The van der Waals surface area contributed by atoms with Crippen LogP contribution in [0, 0.1) is 11.7 Å². The number of nitrogens with zero attached hydrogens (tertiary/aromatic N) is 2. The van der Waals surface area contributed by atoms with Crippen LogP contribution < -0.4 is 20.3 Å². The summed E-state index contributed by atoms with van der Waals surface area (Å²) in [6.45, 7) is 2.86. The Balaban J connectivity index is 1.23. The molecule has 2 aliphatic rings. The second-order valence-corrected chi connectivity index (χ2v) is 8.61. The standard InChI is InChI=1S/C22H25FN4O4S/c1-13(15-4-6-17(23)18(8-15)30-12-14-2-3-14)24-9-16(28)5-7-19-25-10-21(31-19)27-11-20(32)26-22(27)29/h4,6,8,10,13-14,24H,2-3,5,7,9,11-12H2,1H3,(H,26,29,32)/t13-/m1/s1. The molecule has 170 valence electrons. The minimum Gasteiger partial charge on any atom is -0.490 e. The zero-order chi connectivity index (χ0) is 22.7. The van der Waals surface area contributed by atoms with Gasteiger partial charge in [0.15, 0.2) is 17.5 Å². The second kappa shape index (κ2) is 9.74. The van der Waals surface area contributed by atoms with E-state index in [0.29, 0.717) is 35.7 Å². The number of hydrogen-bond acceptors (Lipinski definition) is 7. The van der Waals surface area contributed by atoms with Gasteiger partial charge in [0.2, 0.25) is 5.88 Å². The van der Waals surface area contributed by atoms with E-state index >= 15 is 0 Å². The Morgan fingerprint density at radius 2 is 2.28 bits per heavy atom. The molecule has 1 saturated carbocycles. The summed E-state index contributed by atoms with van der Waals surface area (Å²) >= 11 is 4.98. The van der Waals surface area contributed by atoms with E-state index in [9.17, 15) is 14.0 Å². The number of ether oxygens (including phenoxy) is 1. The van der Waals surface area contributed by atoms with Gasteiger partial charge in [-0.1, -0.05) is 18.3 Å². The number of rotatable bonds is 11. The molecule has 0 unspecified atom stereocenters. The number of carbonyl (C=O) groups is 2. The highest BCUT2D eigenvalue weighted by Crippen LogP contribution is 2.31. The molecule has 2 heterocycles. The molecule has 2 N–H and O–H groups in total. The summed E-state index contributed by atoms with van der Waals surface area (Å²) in [7, 11) is 0. The molecule has 2 amide bonds. The Hall–Kier alpha value is -2.85. The van der Waals surface area contributed by atoms with E-state index in [-0.39, 0.29) is 48.9 Å². The predicted octanol–water partition coefficient (Wildman–Crippen LogP) is 3.31. The smallest absolute Gasteiger partial charge is 0.329 e. The van der Waals surface area contributed by atoms with Gasteiger partial charge >= 0.3 is 6.03 Å². The zero-order valence-corrected chi connectivity index (χ0v) is 18.5. The number of thiocarbonyl (C=S) groups is 1. The summed E-state index contributed by atoms with van der Waals surface area (Å²) in [6, 6.07) is 4.28. The van der Waals surface area contributed by atoms with Crippen LogP contribution in [-0.4, -0.2) is 41.5 Å². The van der Waals surface area contributed by atoms with Gasteiger partial charge in [0.1, 0.15) is 10.8 Å². The molecule has 10 heteroatoms. The fraction of sp³-hybridized carbons (Fsp3) is 0.455. The molecule has 0 spiro atoms. The predicted molar refractivity (Wildman–Crippen MR) is 119 cm³/mol. The van der Waals surface area contributed by atoms with Crippen molar-refractivity contribution >= 4 is 34.9 Å². The van der Waals surface area contributed by atoms with E-state index in [1.807, 2.05) is 6.92 Å². The number of aryl methyl sites for hydroxylation is 1. The molecule has 1 aromatic heterocycles. The zero-order valence-electron chi connectivity index (χ0n) is 17.7. The quantitative estimate of drug-likeness (QED) is 0.497. The number of ketones is 1. The summed E-state index contributed by atoms with van der Waals surface area (Å²) in [4.78, 5) is 30.0. The van der Waals surface area contributed by atoms with Gasteiger partial charge in [0.05, 0.1) is 25.9 Å². The molecule has 1 saturated heterocycles. The number of carbonyl (C=O) groups excluding carboxylic acids is 2. The van der Waals surface area contributed by atoms with Crippen LogP contribution in [0.3, 0.4) is 0 Å². The van der Waals surface area contributed by atoms with Gasteiger partial charge < -0.3 is 19.8 Å². The van der Waals surface area contributed by atoms with Gasteiger partial charge in [0, 0.05) is 18.9 Å². The maximum absolute atomic E-state index is 14.0. The average molecular weight is 461 g/mol. The Kier molecular flexibility index (Phi) is 6.80. The lowest BCUT2D eigenvalue weighted by Crippen LogP contribution is -2.27. The number of anilines is 1. The van der Waals surface area contributed by atoms with Gasteiger partial charge in [-0.3, -0.25) is 9.69 Å². The Labute approximate surface area is 190 Å². The third-order valence-corrected chi connectivity index (χ3v) is 5.68. The Morgan fingerprint density at radius 3 is 3.00 bits per heavy atom. The van der Waals surface area contributed by atoms with Crippen molar-refractivity contribution in [1.29, 1.82) is 0 Å². The fourth-order valence-corrected chi connectivity index (χ4v) is 3.49. The number of benzene rings is 1. The first-order valence-corrected chi connectivity index (χ1v) is 11.0. The minimum absolute atomic E-state index is 0.0102. The molecule has 32 heavy (non-hydrogen) atoms. The molecular weight excluding hydrogens is 435 g/mol. The van der Waals surface area contributed by atoms with Crippen LogP contribution in [0.4, 0.5) is 15.1 Å². The number of hydrogen-bond donors (Lipinski definition) is 2. The summed E-state index contributed by atoms with van der Waals surface area (Å²) in [5.74, 6) is 1.08. The normalized spacial score (nSPS) is 16.9. The summed E-state index contributed by atoms with van der Waals surface area (Å²) < 4.78 is 25.1. The molecule has 1 aliphatic carbocycles. The molecule has 4 rings (SSSR count). The van der Waals surface area contributed by atoms with E-state index in [4.69, 9.17) is 21.4 Å². The number of oxazole rings is 1. The SMILES string of the molecule is C[C@@H](NCC(=O)CCc1ncc(N2CC(=S)NC2=O)o1)c1ccc(F)c(OCC2CC2)c1. The summed E-state index contributed by atoms with van der Waals surface area (Å²) in [5.41, 5.74) is 0.851. The van der Waals surface area contributed by atoms with Crippen LogP contribution in [0.25, 0.3) is 0 Å². The Bertz CT molecular complexity index is 1020. The van der Waals surface area contributed by atoms with Crippen molar-refractivity contribution in [2.75, 3.05) is 24.6 Å². The van der Waals surface area contributed by atoms with Crippen LogP contribution in [0.1, 0.15) is 43.7 Å². The van der Waals surface area contributed by atoms with E-state index in [1.54, 1.807) is 12.1 Å². The molecule has 2 aromatic rings. The Morgan fingerprint density at radius 1 is 1.47 bits per heavy atom. The monoisotopic (exact) mass is 460 g/mol. The van der Waals surface area contributed by atoms with Gasteiger partial charge in [-0.15, -0.1) is 0 Å². The summed E-state index contributed by atoms with van der Waals surface area (Å²) in [5, 5.41) is 5.69. The van der Waals surface area contributed by atoms with E-state index < -0.39 is 0 Å². The topological polar surface area (TPSA) is 96.7 Å². The first-order chi connectivity index (χ1) is 15.4. The number of aromatic nitrogens is 1. The van der Waals surface area contributed by atoms with Crippen LogP contribution in [0.15, 0.2) is 28.8 Å². The third-order valence-electron chi connectivity index (χ3n) is 5.45. The first kappa shape index (κ1) is 22.3. The van der Waals surface area contributed by atoms with E-state index in [1.165, 1.54) is 17.2 Å². The number of halogens is 1. The maximum atomic E-state index is 14.0. The lowest BCUT2D eigenvalue weighted by atomic mass is 10.1. The van der Waals surface area contributed by atoms with E-state index in [0.717, 1.165) is 18.4 Å².